The van der Waals surface area contributed by atoms with Gasteiger partial charge in [-0.15, -0.1) is 0 Å². The van der Waals surface area contributed by atoms with Gasteiger partial charge >= 0.3 is 0 Å². The minimum atomic E-state index is -0.196. The fourth-order valence-electron chi connectivity index (χ4n) is 1.64. The summed E-state index contributed by atoms with van der Waals surface area (Å²) in [5, 5.41) is 3.39. The van der Waals surface area contributed by atoms with E-state index in [0.717, 1.165) is 25.1 Å². The maximum atomic E-state index is 13.3. The van der Waals surface area contributed by atoms with Crippen LogP contribution in [0.15, 0.2) is 18.5 Å². The van der Waals surface area contributed by atoms with Gasteiger partial charge in [-0.2, -0.15) is 0 Å². The van der Waals surface area contributed by atoms with Crippen molar-refractivity contribution in [3.63, 3.8) is 0 Å². The molecule has 0 saturated carbocycles. The molecule has 1 aromatic rings. The number of nitrogens with one attached hydrogen (secondary N) is 1. The maximum Gasteiger partial charge on any atom is 0.144 e. The zero-order valence-electron chi connectivity index (χ0n) is 10.3. The third kappa shape index (κ3) is 4.71. The van der Waals surface area contributed by atoms with E-state index in [9.17, 15) is 4.39 Å². The molecule has 2 nitrogen and oxygen atoms in total. The molecule has 0 amide bonds. The smallest absolute Gasteiger partial charge is 0.144 e. The second-order valence-electron chi connectivity index (χ2n) is 4.83. The van der Waals surface area contributed by atoms with Gasteiger partial charge in [0.05, 0.1) is 6.20 Å². The molecular formula is C13H21FN2. The van der Waals surface area contributed by atoms with E-state index < -0.39 is 0 Å². The van der Waals surface area contributed by atoms with Crippen molar-refractivity contribution in [1.82, 2.24) is 10.3 Å². The van der Waals surface area contributed by atoms with Crippen LogP contribution >= 0.6 is 0 Å². The van der Waals surface area contributed by atoms with Crippen molar-refractivity contribution in [3.05, 3.63) is 29.8 Å². The average molecular weight is 224 g/mol. The Kier molecular flexibility index (Phi) is 5.39. The number of pyridine rings is 1. The molecule has 0 saturated heterocycles. The van der Waals surface area contributed by atoms with Gasteiger partial charge in [-0.1, -0.05) is 20.8 Å². The summed E-state index contributed by atoms with van der Waals surface area (Å²) >= 11 is 0. The van der Waals surface area contributed by atoms with Crippen molar-refractivity contribution in [1.29, 1.82) is 0 Å². The highest BCUT2D eigenvalue weighted by Gasteiger charge is 2.07. The number of nitrogens with zero attached hydrogens (tertiary/aromatic N) is 1. The van der Waals surface area contributed by atoms with Crippen molar-refractivity contribution < 1.29 is 4.39 Å². The molecule has 0 spiro atoms. The van der Waals surface area contributed by atoms with Crippen LogP contribution in [-0.4, -0.2) is 18.1 Å². The molecule has 1 rings (SSSR count). The molecule has 16 heavy (non-hydrogen) atoms. The van der Waals surface area contributed by atoms with Crippen LogP contribution in [0, 0.1) is 17.7 Å². The first-order valence-corrected chi connectivity index (χ1v) is 5.88. The van der Waals surface area contributed by atoms with Gasteiger partial charge in [-0.25, -0.2) is 4.39 Å². The Bertz CT molecular complexity index is 313. The molecule has 0 aliphatic rings. The largest absolute Gasteiger partial charge is 0.316 e. The Balaban J connectivity index is 2.34. The Labute approximate surface area is 97.3 Å². The molecule has 90 valence electrons. The van der Waals surface area contributed by atoms with Crippen molar-refractivity contribution in [3.8, 4) is 0 Å². The summed E-state index contributed by atoms with van der Waals surface area (Å²) in [5.74, 6) is 0.902. The van der Waals surface area contributed by atoms with Crippen LogP contribution in [0.4, 0.5) is 4.39 Å². The quantitative estimate of drug-likeness (QED) is 0.803. The highest BCUT2D eigenvalue weighted by molar-refractivity contribution is 5.13. The van der Waals surface area contributed by atoms with Gasteiger partial charge in [0.1, 0.15) is 5.82 Å². The van der Waals surface area contributed by atoms with Crippen LogP contribution in [0.3, 0.4) is 0 Å². The number of hydrogen-bond donors (Lipinski definition) is 1. The highest BCUT2D eigenvalue weighted by atomic mass is 19.1. The molecule has 1 N–H and O–H groups in total. The Morgan fingerprint density at radius 2 is 2.06 bits per heavy atom. The fourth-order valence-corrected chi connectivity index (χ4v) is 1.64. The molecule has 0 radical (unpaired) electrons. The minimum absolute atomic E-state index is 0.196. The third-order valence-corrected chi connectivity index (χ3v) is 2.47. The molecular weight excluding hydrogens is 203 g/mol. The summed E-state index contributed by atoms with van der Waals surface area (Å²) in [6, 6.07) is 1.76. The summed E-state index contributed by atoms with van der Waals surface area (Å²) < 4.78 is 13.3. The monoisotopic (exact) mass is 224 g/mol. The summed E-state index contributed by atoms with van der Waals surface area (Å²) in [6.45, 7) is 8.44. The van der Waals surface area contributed by atoms with Crippen molar-refractivity contribution in [2.24, 2.45) is 11.8 Å². The van der Waals surface area contributed by atoms with E-state index >= 15 is 0 Å². The second-order valence-corrected chi connectivity index (χ2v) is 4.83. The lowest BCUT2D eigenvalue weighted by Crippen LogP contribution is -2.26. The SMILES string of the molecule is CC(C)CNCC(C)Cc1ccncc1F. The van der Waals surface area contributed by atoms with Crippen LogP contribution in [0.25, 0.3) is 0 Å². The predicted octanol–water partition coefficient (Wildman–Crippen LogP) is 2.64. The van der Waals surface area contributed by atoms with Crippen LogP contribution < -0.4 is 5.32 Å². The lowest BCUT2D eigenvalue weighted by atomic mass is 10.0. The Morgan fingerprint density at radius 1 is 1.31 bits per heavy atom. The van der Waals surface area contributed by atoms with Gasteiger partial charge < -0.3 is 5.32 Å². The zero-order chi connectivity index (χ0) is 12.0. The van der Waals surface area contributed by atoms with Gasteiger partial charge in [-0.05, 0) is 43.0 Å². The molecule has 1 heterocycles. The van der Waals surface area contributed by atoms with Gasteiger partial charge in [0.25, 0.3) is 0 Å². The standard InChI is InChI=1S/C13H21FN2/c1-10(2)7-16-8-11(3)6-12-4-5-15-9-13(12)14/h4-5,9-11,16H,6-8H2,1-3H3. The normalized spacial score (nSPS) is 13.1. The van der Waals surface area contributed by atoms with E-state index in [4.69, 9.17) is 0 Å². The van der Waals surface area contributed by atoms with E-state index in [2.05, 4.69) is 31.1 Å². The fraction of sp³-hybridized carbons (Fsp3) is 0.615. The second kappa shape index (κ2) is 6.59. The summed E-state index contributed by atoms with van der Waals surface area (Å²) in [5.41, 5.74) is 0.758. The molecule has 0 bridgehead atoms. The molecule has 0 fully saturated rings. The Morgan fingerprint density at radius 3 is 2.69 bits per heavy atom. The summed E-state index contributed by atoms with van der Waals surface area (Å²) in [4.78, 5) is 3.75. The van der Waals surface area contributed by atoms with Gasteiger partial charge in [0, 0.05) is 6.20 Å². The highest BCUT2D eigenvalue weighted by Crippen LogP contribution is 2.10. The van der Waals surface area contributed by atoms with Crippen molar-refractivity contribution in [2.75, 3.05) is 13.1 Å². The van der Waals surface area contributed by atoms with Crippen LogP contribution in [0.5, 0.6) is 0 Å². The van der Waals surface area contributed by atoms with E-state index in [1.165, 1.54) is 6.20 Å². The van der Waals surface area contributed by atoms with Gasteiger partial charge in [0.15, 0.2) is 0 Å². The average Bonchev–Trinajstić information content (AvgIpc) is 2.21. The molecule has 0 aliphatic carbocycles. The van der Waals surface area contributed by atoms with Crippen LogP contribution in [0.1, 0.15) is 26.3 Å². The summed E-state index contributed by atoms with van der Waals surface area (Å²) in [7, 11) is 0. The van der Waals surface area contributed by atoms with Crippen LogP contribution in [0.2, 0.25) is 0 Å². The lowest BCUT2D eigenvalue weighted by molar-refractivity contribution is 0.466. The van der Waals surface area contributed by atoms with Crippen molar-refractivity contribution in [2.45, 2.75) is 27.2 Å². The third-order valence-electron chi connectivity index (χ3n) is 2.47. The van der Waals surface area contributed by atoms with E-state index in [1.807, 2.05) is 0 Å². The van der Waals surface area contributed by atoms with Gasteiger partial charge in [0.2, 0.25) is 0 Å². The molecule has 0 aromatic carbocycles. The topological polar surface area (TPSA) is 24.9 Å². The lowest BCUT2D eigenvalue weighted by Gasteiger charge is -2.14. The Hall–Kier alpha value is -0.960. The summed E-state index contributed by atoms with van der Waals surface area (Å²) in [6.07, 6.45) is 3.69. The van der Waals surface area contributed by atoms with Crippen LogP contribution in [-0.2, 0) is 6.42 Å². The van der Waals surface area contributed by atoms with E-state index in [0.29, 0.717) is 11.8 Å². The first kappa shape index (κ1) is 13.1. The minimum Gasteiger partial charge on any atom is -0.316 e. The molecule has 3 heteroatoms. The molecule has 1 unspecified atom stereocenters. The maximum absolute atomic E-state index is 13.3. The number of aromatic nitrogens is 1. The molecule has 0 aliphatic heterocycles. The zero-order valence-corrected chi connectivity index (χ0v) is 10.3. The van der Waals surface area contributed by atoms with Crippen molar-refractivity contribution >= 4 is 0 Å². The van der Waals surface area contributed by atoms with Gasteiger partial charge in [-0.3, -0.25) is 4.98 Å². The van der Waals surface area contributed by atoms with E-state index in [-0.39, 0.29) is 5.82 Å². The number of halogens is 1. The number of hydrogen-bond acceptors (Lipinski definition) is 2. The first-order valence-electron chi connectivity index (χ1n) is 5.88. The number of rotatable bonds is 6. The predicted molar refractivity (Wildman–Crippen MR) is 64.8 cm³/mol. The first-order chi connectivity index (χ1) is 7.59. The molecule has 1 atom stereocenters. The molecule has 1 aromatic heterocycles. The van der Waals surface area contributed by atoms with E-state index in [1.54, 1.807) is 12.3 Å².